The minimum Gasteiger partial charge on any atom is -0.453 e. The molecule has 31 heavy (non-hydrogen) atoms. The first kappa shape index (κ1) is 20.3. The van der Waals surface area contributed by atoms with E-state index in [0.717, 1.165) is 27.7 Å². The Balaban J connectivity index is 1.60. The topological polar surface area (TPSA) is 131 Å². The third kappa shape index (κ3) is 3.67. The molecule has 1 fully saturated rings. The standard InChI is InChI=1S/C21H21N5O5/c1-24-18(22)17(19(28)25(2)21(24)30)16(27)11-31-20(29)15-10-14(12-8-9-12)23-26(15)13-6-4-3-5-7-13/h3-7,10,12H,8-9,11,22H2,1-2H3. The van der Waals surface area contributed by atoms with Gasteiger partial charge in [-0.25, -0.2) is 14.3 Å². The third-order valence-electron chi connectivity index (χ3n) is 5.26. The molecule has 1 saturated carbocycles. The summed E-state index contributed by atoms with van der Waals surface area (Å²) >= 11 is 0. The molecule has 0 amide bonds. The lowest BCUT2D eigenvalue weighted by Crippen LogP contribution is -2.42. The van der Waals surface area contributed by atoms with Gasteiger partial charge in [-0.3, -0.25) is 18.7 Å². The zero-order valence-electron chi connectivity index (χ0n) is 17.1. The maximum absolute atomic E-state index is 12.8. The summed E-state index contributed by atoms with van der Waals surface area (Å²) in [4.78, 5) is 49.6. The van der Waals surface area contributed by atoms with Gasteiger partial charge in [0.05, 0.1) is 11.4 Å². The number of aromatic nitrogens is 4. The molecule has 0 bridgehead atoms. The van der Waals surface area contributed by atoms with Crippen LogP contribution in [0, 0.1) is 0 Å². The number of hydrogen-bond donors (Lipinski definition) is 1. The summed E-state index contributed by atoms with van der Waals surface area (Å²) in [6, 6.07) is 10.8. The summed E-state index contributed by atoms with van der Waals surface area (Å²) < 4.78 is 8.45. The van der Waals surface area contributed by atoms with Gasteiger partial charge in [0.15, 0.2) is 12.3 Å². The second kappa shape index (κ2) is 7.71. The highest BCUT2D eigenvalue weighted by Crippen LogP contribution is 2.39. The van der Waals surface area contributed by atoms with Crippen LogP contribution in [0.15, 0.2) is 46.0 Å². The Labute approximate surface area is 176 Å². The highest BCUT2D eigenvalue weighted by Gasteiger charge is 2.30. The molecule has 0 aliphatic heterocycles. The molecule has 2 heterocycles. The number of hydrogen-bond acceptors (Lipinski definition) is 7. The van der Waals surface area contributed by atoms with Gasteiger partial charge in [-0.1, -0.05) is 18.2 Å². The molecule has 10 heteroatoms. The van der Waals surface area contributed by atoms with Gasteiger partial charge in [-0.15, -0.1) is 0 Å². The maximum Gasteiger partial charge on any atom is 0.357 e. The van der Waals surface area contributed by atoms with E-state index in [0.29, 0.717) is 11.6 Å². The molecular formula is C21H21N5O5. The van der Waals surface area contributed by atoms with E-state index in [9.17, 15) is 19.2 Å². The molecule has 4 rings (SSSR count). The smallest absolute Gasteiger partial charge is 0.357 e. The number of Topliss-reactive ketones (excluding diaryl/α,β-unsaturated/α-hetero) is 1. The Hall–Kier alpha value is -3.95. The quantitative estimate of drug-likeness (QED) is 0.457. The molecule has 0 radical (unpaired) electrons. The van der Waals surface area contributed by atoms with Gasteiger partial charge in [0.1, 0.15) is 11.4 Å². The fraction of sp³-hybridized carbons (Fsp3) is 0.286. The molecule has 160 valence electrons. The molecule has 0 spiro atoms. The summed E-state index contributed by atoms with van der Waals surface area (Å²) in [5.74, 6) is -1.52. The number of nitrogens with two attached hydrogens (primary N) is 1. The molecule has 0 atom stereocenters. The number of nitrogen functional groups attached to an aromatic ring is 1. The van der Waals surface area contributed by atoms with Crippen molar-refractivity contribution in [1.82, 2.24) is 18.9 Å². The molecule has 1 aliphatic rings. The second-order valence-corrected chi connectivity index (χ2v) is 7.44. The predicted molar refractivity (Wildman–Crippen MR) is 111 cm³/mol. The predicted octanol–water partition coefficient (Wildman–Crippen LogP) is 0.769. The Morgan fingerprint density at radius 1 is 1.13 bits per heavy atom. The fourth-order valence-electron chi connectivity index (χ4n) is 3.29. The largest absolute Gasteiger partial charge is 0.453 e. The van der Waals surface area contributed by atoms with Crippen LogP contribution in [0.25, 0.3) is 5.69 Å². The van der Waals surface area contributed by atoms with E-state index in [1.165, 1.54) is 18.8 Å². The van der Waals surface area contributed by atoms with Crippen LogP contribution in [0.4, 0.5) is 5.82 Å². The van der Waals surface area contributed by atoms with Gasteiger partial charge in [0.2, 0.25) is 5.78 Å². The average molecular weight is 423 g/mol. The monoisotopic (exact) mass is 423 g/mol. The van der Waals surface area contributed by atoms with Crippen molar-refractivity contribution in [3.8, 4) is 5.69 Å². The third-order valence-corrected chi connectivity index (χ3v) is 5.26. The number of rotatable bonds is 6. The van der Waals surface area contributed by atoms with Crippen molar-refractivity contribution in [2.45, 2.75) is 18.8 Å². The van der Waals surface area contributed by atoms with Gasteiger partial charge < -0.3 is 10.5 Å². The molecule has 1 aliphatic carbocycles. The number of carbonyl (C=O) groups excluding carboxylic acids is 2. The van der Waals surface area contributed by atoms with Crippen molar-refractivity contribution in [3.05, 3.63) is 74.2 Å². The van der Waals surface area contributed by atoms with Gasteiger partial charge >= 0.3 is 11.7 Å². The van der Waals surface area contributed by atoms with Crippen molar-refractivity contribution < 1.29 is 14.3 Å². The van der Waals surface area contributed by atoms with Gasteiger partial charge in [-0.2, -0.15) is 5.10 Å². The van der Waals surface area contributed by atoms with Crippen molar-refractivity contribution in [1.29, 1.82) is 0 Å². The normalized spacial score (nSPS) is 13.2. The lowest BCUT2D eigenvalue weighted by Gasteiger charge is -2.11. The first-order chi connectivity index (χ1) is 14.8. The van der Waals surface area contributed by atoms with E-state index < -0.39 is 35.2 Å². The van der Waals surface area contributed by atoms with Crippen LogP contribution in [-0.2, 0) is 18.8 Å². The number of esters is 1. The first-order valence-corrected chi connectivity index (χ1v) is 9.70. The molecule has 2 aromatic heterocycles. The van der Waals surface area contributed by atoms with E-state index >= 15 is 0 Å². The Morgan fingerprint density at radius 2 is 1.81 bits per heavy atom. The number of para-hydroxylation sites is 1. The maximum atomic E-state index is 12.8. The zero-order valence-corrected chi connectivity index (χ0v) is 17.1. The summed E-state index contributed by atoms with van der Waals surface area (Å²) in [5, 5.41) is 4.53. The molecule has 10 nitrogen and oxygen atoms in total. The number of anilines is 1. The number of benzene rings is 1. The Morgan fingerprint density at radius 3 is 2.45 bits per heavy atom. The van der Waals surface area contributed by atoms with Crippen molar-refractivity contribution >= 4 is 17.6 Å². The lowest BCUT2D eigenvalue weighted by molar-refractivity contribution is 0.0465. The average Bonchev–Trinajstić information content (AvgIpc) is 3.53. The van der Waals surface area contributed by atoms with Crippen molar-refractivity contribution in [2.24, 2.45) is 14.1 Å². The van der Waals surface area contributed by atoms with E-state index in [4.69, 9.17) is 10.5 Å². The number of carbonyl (C=O) groups is 2. The van der Waals surface area contributed by atoms with E-state index in [1.54, 1.807) is 18.2 Å². The Kier molecular flexibility index (Phi) is 5.05. The fourth-order valence-corrected chi connectivity index (χ4v) is 3.29. The summed E-state index contributed by atoms with van der Waals surface area (Å²) in [7, 11) is 2.59. The van der Waals surface area contributed by atoms with Crippen LogP contribution >= 0.6 is 0 Å². The molecule has 1 aromatic carbocycles. The first-order valence-electron chi connectivity index (χ1n) is 9.70. The zero-order chi connectivity index (χ0) is 22.3. The Bertz CT molecular complexity index is 1300. The van der Waals surface area contributed by atoms with Crippen LogP contribution < -0.4 is 17.0 Å². The SMILES string of the molecule is Cn1c(N)c(C(=O)COC(=O)c2cc(C3CC3)nn2-c2ccccc2)c(=O)n(C)c1=O. The minimum atomic E-state index is -0.841. The van der Waals surface area contributed by atoms with Gasteiger partial charge in [0, 0.05) is 20.0 Å². The van der Waals surface area contributed by atoms with E-state index in [1.807, 2.05) is 18.2 Å². The molecule has 2 N–H and O–H groups in total. The highest BCUT2D eigenvalue weighted by atomic mass is 16.5. The molecule has 0 saturated heterocycles. The van der Waals surface area contributed by atoms with Crippen LogP contribution in [0.5, 0.6) is 0 Å². The molecular weight excluding hydrogens is 402 g/mol. The molecule has 0 unspecified atom stereocenters. The second-order valence-electron chi connectivity index (χ2n) is 7.44. The number of ether oxygens (including phenoxy) is 1. The van der Waals surface area contributed by atoms with Gasteiger partial charge in [-0.05, 0) is 31.0 Å². The van der Waals surface area contributed by atoms with Crippen LogP contribution in [0.3, 0.4) is 0 Å². The molecule has 3 aromatic rings. The van der Waals surface area contributed by atoms with E-state index in [2.05, 4.69) is 5.10 Å². The summed E-state index contributed by atoms with van der Waals surface area (Å²) in [6.45, 7) is -0.699. The summed E-state index contributed by atoms with van der Waals surface area (Å²) in [6.07, 6.45) is 2.02. The summed E-state index contributed by atoms with van der Waals surface area (Å²) in [5.41, 5.74) is 5.55. The lowest BCUT2D eigenvalue weighted by atomic mass is 10.2. The van der Waals surface area contributed by atoms with E-state index in [-0.39, 0.29) is 11.5 Å². The van der Waals surface area contributed by atoms with Crippen LogP contribution in [0.2, 0.25) is 0 Å². The highest BCUT2D eigenvalue weighted by molar-refractivity contribution is 6.02. The number of ketones is 1. The van der Waals surface area contributed by atoms with Crippen molar-refractivity contribution in [2.75, 3.05) is 12.3 Å². The van der Waals surface area contributed by atoms with Crippen molar-refractivity contribution in [3.63, 3.8) is 0 Å². The number of nitrogens with zero attached hydrogens (tertiary/aromatic N) is 4. The van der Waals surface area contributed by atoms with Crippen LogP contribution in [0.1, 0.15) is 45.3 Å². The van der Waals surface area contributed by atoms with Crippen LogP contribution in [-0.4, -0.2) is 37.3 Å². The minimum absolute atomic E-state index is 0.183. The van der Waals surface area contributed by atoms with Gasteiger partial charge in [0.25, 0.3) is 5.56 Å².